The first kappa shape index (κ1) is 28.8. The number of aromatic nitrogens is 1. The fourth-order valence-corrected chi connectivity index (χ4v) is 6.07. The van der Waals surface area contributed by atoms with Gasteiger partial charge in [-0.05, 0) is 56.3 Å². The summed E-state index contributed by atoms with van der Waals surface area (Å²) < 4.78 is 29.6. The first-order chi connectivity index (χ1) is 19.0. The van der Waals surface area contributed by atoms with Gasteiger partial charge in [-0.2, -0.15) is 5.10 Å². The SMILES string of the molecule is Cc1cc(/C=N\NC(=O)CN(c2cccc([N+](=O)[O-])c2)S(=O)(=O)c2ccccc2)c(C)n1-c1cc(Cl)cc(Cl)c1. The molecule has 206 valence electrons. The number of carbonyl (C=O) groups excluding carboxylic acids is 1. The van der Waals surface area contributed by atoms with Crippen molar-refractivity contribution < 1.29 is 18.1 Å². The molecule has 4 aromatic rings. The monoisotopic (exact) mass is 599 g/mol. The van der Waals surface area contributed by atoms with Gasteiger partial charge in [0.15, 0.2) is 0 Å². The molecular weight excluding hydrogens is 577 g/mol. The van der Waals surface area contributed by atoms with Crippen LogP contribution in [0, 0.1) is 24.0 Å². The van der Waals surface area contributed by atoms with Crippen LogP contribution in [0.25, 0.3) is 5.69 Å². The summed E-state index contributed by atoms with van der Waals surface area (Å²) in [4.78, 5) is 23.4. The summed E-state index contributed by atoms with van der Waals surface area (Å²) in [5, 5.41) is 16.3. The van der Waals surface area contributed by atoms with Crippen molar-refractivity contribution in [3.8, 4) is 5.69 Å². The molecule has 0 fully saturated rings. The van der Waals surface area contributed by atoms with Crippen molar-refractivity contribution in [2.45, 2.75) is 18.7 Å². The van der Waals surface area contributed by atoms with Crippen LogP contribution in [0.3, 0.4) is 0 Å². The van der Waals surface area contributed by atoms with E-state index in [9.17, 15) is 23.3 Å². The second-order valence-electron chi connectivity index (χ2n) is 8.68. The summed E-state index contributed by atoms with van der Waals surface area (Å²) in [7, 11) is -4.24. The normalized spacial score (nSPS) is 11.5. The molecule has 1 heterocycles. The Kier molecular flexibility index (Phi) is 8.58. The molecule has 0 aliphatic rings. The summed E-state index contributed by atoms with van der Waals surface area (Å²) >= 11 is 12.3. The molecule has 0 saturated carbocycles. The van der Waals surface area contributed by atoms with Crippen LogP contribution in [0.4, 0.5) is 11.4 Å². The van der Waals surface area contributed by atoms with Gasteiger partial charge in [0.05, 0.1) is 21.7 Å². The Labute approximate surface area is 240 Å². The number of rotatable bonds is 9. The van der Waals surface area contributed by atoms with Crippen LogP contribution in [-0.4, -0.2) is 36.6 Å². The van der Waals surface area contributed by atoms with Gasteiger partial charge in [0, 0.05) is 44.8 Å². The molecule has 40 heavy (non-hydrogen) atoms. The third-order valence-corrected chi connectivity index (χ3v) is 8.14. The molecule has 0 aliphatic carbocycles. The van der Waals surface area contributed by atoms with E-state index >= 15 is 0 Å². The number of carbonyl (C=O) groups is 1. The highest BCUT2D eigenvalue weighted by Gasteiger charge is 2.28. The molecule has 0 spiro atoms. The molecule has 0 bridgehead atoms. The number of nitrogens with one attached hydrogen (secondary N) is 1. The summed E-state index contributed by atoms with van der Waals surface area (Å²) in [6.07, 6.45) is 1.44. The quantitative estimate of drug-likeness (QED) is 0.151. The molecule has 0 atom stereocenters. The molecule has 1 N–H and O–H groups in total. The van der Waals surface area contributed by atoms with E-state index in [1.165, 1.54) is 48.7 Å². The number of non-ortho nitro benzene ring substituents is 1. The number of anilines is 1. The second kappa shape index (κ2) is 11.9. The van der Waals surface area contributed by atoms with Gasteiger partial charge in [0.1, 0.15) is 6.54 Å². The van der Waals surface area contributed by atoms with Gasteiger partial charge in [-0.1, -0.05) is 47.5 Å². The van der Waals surface area contributed by atoms with Crippen LogP contribution in [0.1, 0.15) is 17.0 Å². The van der Waals surface area contributed by atoms with Gasteiger partial charge in [-0.15, -0.1) is 0 Å². The maximum Gasteiger partial charge on any atom is 0.271 e. The van der Waals surface area contributed by atoms with E-state index in [0.717, 1.165) is 27.4 Å². The number of nitrogens with zero attached hydrogens (tertiary/aromatic N) is 4. The molecule has 0 radical (unpaired) electrons. The molecule has 10 nitrogen and oxygen atoms in total. The number of nitro benzene ring substituents is 1. The average Bonchev–Trinajstić information content (AvgIpc) is 3.19. The predicted octanol–water partition coefficient (Wildman–Crippen LogP) is 5.65. The Morgan fingerprint density at radius 2 is 1.70 bits per heavy atom. The number of halogens is 2. The molecule has 1 amide bonds. The number of sulfonamides is 1. The molecule has 4 rings (SSSR count). The number of hydrogen-bond donors (Lipinski definition) is 1. The Bertz CT molecular complexity index is 1700. The number of amides is 1. The summed E-state index contributed by atoms with van der Waals surface area (Å²) in [6.45, 7) is 3.08. The topological polar surface area (TPSA) is 127 Å². The molecule has 3 aromatic carbocycles. The van der Waals surface area contributed by atoms with Crippen molar-refractivity contribution in [3.63, 3.8) is 0 Å². The zero-order chi connectivity index (χ0) is 29.0. The van der Waals surface area contributed by atoms with Crippen LogP contribution in [0.5, 0.6) is 0 Å². The largest absolute Gasteiger partial charge is 0.318 e. The van der Waals surface area contributed by atoms with E-state index in [1.54, 1.807) is 24.3 Å². The Morgan fingerprint density at radius 3 is 2.35 bits per heavy atom. The first-order valence-corrected chi connectivity index (χ1v) is 14.0. The van der Waals surface area contributed by atoms with Gasteiger partial charge >= 0.3 is 0 Å². The molecule has 0 saturated heterocycles. The molecule has 0 unspecified atom stereocenters. The van der Waals surface area contributed by atoms with Crippen LogP contribution in [-0.2, 0) is 14.8 Å². The minimum Gasteiger partial charge on any atom is -0.318 e. The van der Waals surface area contributed by atoms with Crippen LogP contribution in [0.15, 0.2) is 88.9 Å². The zero-order valence-corrected chi connectivity index (χ0v) is 23.6. The van der Waals surface area contributed by atoms with Crippen LogP contribution >= 0.6 is 23.2 Å². The summed E-state index contributed by atoms with van der Waals surface area (Å²) in [5.74, 6) is -0.752. The fraction of sp³-hybridized carbons (Fsp3) is 0.111. The fourth-order valence-electron chi connectivity index (χ4n) is 4.12. The highest BCUT2D eigenvalue weighted by atomic mass is 35.5. The minimum atomic E-state index is -4.24. The van der Waals surface area contributed by atoms with E-state index in [1.807, 2.05) is 24.5 Å². The highest BCUT2D eigenvalue weighted by Crippen LogP contribution is 2.28. The number of aryl methyl sites for hydroxylation is 1. The van der Waals surface area contributed by atoms with Gasteiger partial charge in [-0.25, -0.2) is 13.8 Å². The van der Waals surface area contributed by atoms with Gasteiger partial charge in [0.25, 0.3) is 21.6 Å². The molecular formula is C27H23Cl2N5O5S. The molecule has 13 heteroatoms. The van der Waals surface area contributed by atoms with Crippen molar-refractivity contribution >= 4 is 56.7 Å². The Balaban J connectivity index is 1.58. The third-order valence-electron chi connectivity index (χ3n) is 5.92. The lowest BCUT2D eigenvalue weighted by Crippen LogP contribution is -2.39. The van der Waals surface area contributed by atoms with E-state index < -0.39 is 27.4 Å². The van der Waals surface area contributed by atoms with E-state index in [2.05, 4.69) is 10.5 Å². The standard InChI is InChI=1S/C27H23Cl2N5O5S/c1-18-11-20(19(2)33(18)25-13-21(28)12-22(29)14-25)16-30-31-27(35)17-32(23-7-6-8-24(15-23)34(36)37)40(38,39)26-9-4-3-5-10-26/h3-16H,17H2,1-2H3,(H,31,35)/b30-16-. The number of benzene rings is 3. The van der Waals surface area contributed by atoms with Crippen molar-refractivity contribution in [2.75, 3.05) is 10.8 Å². The van der Waals surface area contributed by atoms with Crippen LogP contribution in [0.2, 0.25) is 10.0 Å². The van der Waals surface area contributed by atoms with Gasteiger partial charge in [0.2, 0.25) is 0 Å². The highest BCUT2D eigenvalue weighted by molar-refractivity contribution is 7.92. The Hall–Kier alpha value is -4.19. The predicted molar refractivity (Wildman–Crippen MR) is 155 cm³/mol. The summed E-state index contributed by atoms with van der Waals surface area (Å²) in [6, 6.07) is 19.5. The van der Waals surface area contributed by atoms with Crippen molar-refractivity contribution in [2.24, 2.45) is 5.10 Å². The zero-order valence-electron chi connectivity index (χ0n) is 21.3. The summed E-state index contributed by atoms with van der Waals surface area (Å²) in [5.41, 5.74) is 5.11. The second-order valence-corrected chi connectivity index (χ2v) is 11.4. The van der Waals surface area contributed by atoms with Crippen molar-refractivity contribution in [1.82, 2.24) is 9.99 Å². The number of hydrazone groups is 1. The number of hydrogen-bond acceptors (Lipinski definition) is 6. The maximum atomic E-state index is 13.4. The first-order valence-electron chi connectivity index (χ1n) is 11.8. The van der Waals surface area contributed by atoms with Crippen molar-refractivity contribution in [3.05, 3.63) is 116 Å². The lowest BCUT2D eigenvalue weighted by molar-refractivity contribution is -0.384. The van der Waals surface area contributed by atoms with E-state index in [-0.39, 0.29) is 16.3 Å². The lowest BCUT2D eigenvalue weighted by atomic mass is 10.2. The van der Waals surface area contributed by atoms with Crippen LogP contribution < -0.4 is 9.73 Å². The van der Waals surface area contributed by atoms with Gasteiger partial charge < -0.3 is 4.57 Å². The third kappa shape index (κ3) is 6.33. The smallest absolute Gasteiger partial charge is 0.271 e. The van der Waals surface area contributed by atoms with Crippen molar-refractivity contribution in [1.29, 1.82) is 0 Å². The molecule has 1 aromatic heterocycles. The van der Waals surface area contributed by atoms with Gasteiger partial charge in [-0.3, -0.25) is 19.2 Å². The number of nitro groups is 1. The molecule has 0 aliphatic heterocycles. The van der Waals surface area contributed by atoms with E-state index in [0.29, 0.717) is 15.6 Å². The lowest BCUT2D eigenvalue weighted by Gasteiger charge is -2.23. The maximum absolute atomic E-state index is 13.4. The Morgan fingerprint density at radius 1 is 1.02 bits per heavy atom. The minimum absolute atomic E-state index is 0.0408. The average molecular weight is 600 g/mol. The van der Waals surface area contributed by atoms with E-state index in [4.69, 9.17) is 23.2 Å².